The molecule has 1 amide bonds. The van der Waals surface area contributed by atoms with E-state index in [4.69, 9.17) is 5.73 Å². The SMILES string of the molecule is CCS(=O)c1cc([N+](=O)[O-])ccc1C(N)=O. The Labute approximate surface area is 94.1 Å². The Balaban J connectivity index is 3.38. The van der Waals surface area contributed by atoms with Gasteiger partial charge in [0.25, 0.3) is 5.69 Å². The first kappa shape index (κ1) is 12.3. The second-order valence-corrected chi connectivity index (χ2v) is 4.64. The van der Waals surface area contributed by atoms with Crippen LogP contribution in [0.5, 0.6) is 0 Å². The average molecular weight is 242 g/mol. The highest BCUT2D eigenvalue weighted by Gasteiger charge is 2.17. The molecule has 16 heavy (non-hydrogen) atoms. The first-order valence-corrected chi connectivity index (χ1v) is 5.76. The minimum atomic E-state index is -1.45. The van der Waals surface area contributed by atoms with Gasteiger partial charge in [0, 0.05) is 17.9 Å². The second-order valence-electron chi connectivity index (χ2n) is 2.94. The number of rotatable bonds is 4. The number of hydrogen-bond donors (Lipinski definition) is 1. The zero-order valence-corrected chi connectivity index (χ0v) is 9.32. The highest BCUT2D eigenvalue weighted by Crippen LogP contribution is 2.20. The number of nitro benzene ring substituents is 1. The van der Waals surface area contributed by atoms with Gasteiger partial charge in [-0.15, -0.1) is 0 Å². The van der Waals surface area contributed by atoms with Crippen LogP contribution < -0.4 is 5.73 Å². The van der Waals surface area contributed by atoms with Crippen molar-refractivity contribution in [2.75, 3.05) is 5.75 Å². The molecule has 0 saturated heterocycles. The molecule has 0 spiro atoms. The molecule has 0 fully saturated rings. The number of nitrogens with two attached hydrogens (primary N) is 1. The van der Waals surface area contributed by atoms with Crippen LogP contribution in [0.2, 0.25) is 0 Å². The van der Waals surface area contributed by atoms with Crippen LogP contribution in [-0.4, -0.2) is 20.8 Å². The molecule has 0 saturated carbocycles. The van der Waals surface area contributed by atoms with Gasteiger partial charge >= 0.3 is 0 Å². The van der Waals surface area contributed by atoms with Gasteiger partial charge in [-0.1, -0.05) is 6.92 Å². The monoisotopic (exact) mass is 242 g/mol. The highest BCUT2D eigenvalue weighted by molar-refractivity contribution is 7.85. The van der Waals surface area contributed by atoms with E-state index in [9.17, 15) is 19.1 Å². The Morgan fingerprint density at radius 2 is 2.19 bits per heavy atom. The van der Waals surface area contributed by atoms with Gasteiger partial charge in [0.2, 0.25) is 5.91 Å². The third kappa shape index (κ3) is 2.43. The van der Waals surface area contributed by atoms with Crippen LogP contribution in [-0.2, 0) is 10.8 Å². The summed E-state index contributed by atoms with van der Waals surface area (Å²) in [5, 5.41) is 10.5. The van der Waals surface area contributed by atoms with E-state index in [-0.39, 0.29) is 21.9 Å². The van der Waals surface area contributed by atoms with Crippen molar-refractivity contribution < 1.29 is 13.9 Å². The smallest absolute Gasteiger partial charge is 0.270 e. The molecule has 0 heterocycles. The predicted octanol–water partition coefficient (Wildman–Crippen LogP) is 0.821. The van der Waals surface area contributed by atoms with Gasteiger partial charge in [-0.2, -0.15) is 0 Å². The van der Waals surface area contributed by atoms with Crippen LogP contribution >= 0.6 is 0 Å². The fourth-order valence-corrected chi connectivity index (χ4v) is 2.15. The third-order valence-corrected chi connectivity index (χ3v) is 3.30. The molecule has 86 valence electrons. The molecule has 1 rings (SSSR count). The molecule has 1 aromatic rings. The van der Waals surface area contributed by atoms with Crippen LogP contribution in [0, 0.1) is 10.1 Å². The lowest BCUT2D eigenvalue weighted by Gasteiger charge is -2.04. The molecular formula is C9H10N2O4S. The normalized spacial score (nSPS) is 12.1. The van der Waals surface area contributed by atoms with E-state index in [1.54, 1.807) is 6.92 Å². The largest absolute Gasteiger partial charge is 0.366 e. The fourth-order valence-electron chi connectivity index (χ4n) is 1.17. The van der Waals surface area contributed by atoms with Crippen molar-refractivity contribution in [3.8, 4) is 0 Å². The Morgan fingerprint density at radius 1 is 1.56 bits per heavy atom. The topological polar surface area (TPSA) is 103 Å². The summed E-state index contributed by atoms with van der Waals surface area (Å²) in [7, 11) is -1.45. The maximum absolute atomic E-state index is 11.6. The summed E-state index contributed by atoms with van der Waals surface area (Å²) in [6.45, 7) is 1.65. The van der Waals surface area contributed by atoms with E-state index in [2.05, 4.69) is 0 Å². The van der Waals surface area contributed by atoms with E-state index in [1.807, 2.05) is 0 Å². The zero-order valence-electron chi connectivity index (χ0n) is 8.50. The van der Waals surface area contributed by atoms with Crippen molar-refractivity contribution in [3.63, 3.8) is 0 Å². The molecule has 0 aromatic heterocycles. The maximum atomic E-state index is 11.6. The lowest BCUT2D eigenvalue weighted by molar-refractivity contribution is -0.385. The molecule has 1 unspecified atom stereocenters. The molecule has 0 aliphatic rings. The Morgan fingerprint density at radius 3 is 2.62 bits per heavy atom. The molecule has 6 nitrogen and oxygen atoms in total. The fraction of sp³-hybridized carbons (Fsp3) is 0.222. The lowest BCUT2D eigenvalue weighted by Crippen LogP contribution is -2.15. The van der Waals surface area contributed by atoms with E-state index in [0.717, 1.165) is 12.1 Å². The number of amides is 1. The standard InChI is InChI=1S/C9H10N2O4S/c1-2-16(15)8-5-6(11(13)14)3-4-7(8)9(10)12/h3-5H,2H2,1H3,(H2,10,12). The summed E-state index contributed by atoms with van der Waals surface area (Å²) in [6.07, 6.45) is 0. The summed E-state index contributed by atoms with van der Waals surface area (Å²) < 4.78 is 11.6. The minimum Gasteiger partial charge on any atom is -0.366 e. The molecule has 1 atom stereocenters. The number of primary amides is 1. The third-order valence-electron chi connectivity index (χ3n) is 1.95. The Hall–Kier alpha value is -1.76. The van der Waals surface area contributed by atoms with Gasteiger partial charge in [0.05, 0.1) is 26.2 Å². The van der Waals surface area contributed by atoms with Crippen LogP contribution in [0.15, 0.2) is 23.1 Å². The number of nitrogens with zero attached hydrogens (tertiary/aromatic N) is 1. The Bertz CT molecular complexity index is 473. The average Bonchev–Trinajstić information content (AvgIpc) is 2.26. The zero-order chi connectivity index (χ0) is 12.3. The van der Waals surface area contributed by atoms with Crippen LogP contribution in [0.25, 0.3) is 0 Å². The molecule has 2 N–H and O–H groups in total. The molecule has 0 aliphatic heterocycles. The molecule has 0 bridgehead atoms. The number of carbonyl (C=O) groups excluding carboxylic acids is 1. The molecular weight excluding hydrogens is 232 g/mol. The van der Waals surface area contributed by atoms with Crippen molar-refractivity contribution in [3.05, 3.63) is 33.9 Å². The maximum Gasteiger partial charge on any atom is 0.270 e. The summed E-state index contributed by atoms with van der Waals surface area (Å²) in [5.41, 5.74) is 4.94. The van der Waals surface area contributed by atoms with Crippen molar-refractivity contribution in [1.29, 1.82) is 0 Å². The van der Waals surface area contributed by atoms with Crippen LogP contribution in [0.1, 0.15) is 17.3 Å². The highest BCUT2D eigenvalue weighted by atomic mass is 32.2. The van der Waals surface area contributed by atoms with Gasteiger partial charge in [0.15, 0.2) is 0 Å². The second kappa shape index (κ2) is 4.84. The molecule has 0 aliphatic carbocycles. The van der Waals surface area contributed by atoms with Gasteiger partial charge in [0.1, 0.15) is 0 Å². The van der Waals surface area contributed by atoms with E-state index in [0.29, 0.717) is 0 Å². The van der Waals surface area contributed by atoms with Crippen LogP contribution in [0.4, 0.5) is 5.69 Å². The van der Waals surface area contributed by atoms with E-state index in [1.165, 1.54) is 6.07 Å². The van der Waals surface area contributed by atoms with Gasteiger partial charge in [-0.05, 0) is 6.07 Å². The van der Waals surface area contributed by atoms with Crippen molar-refractivity contribution >= 4 is 22.4 Å². The minimum absolute atomic E-state index is 0.0609. The first-order chi connectivity index (χ1) is 7.47. The van der Waals surface area contributed by atoms with E-state index < -0.39 is 21.6 Å². The number of benzene rings is 1. The summed E-state index contributed by atoms with van der Waals surface area (Å²) >= 11 is 0. The van der Waals surface area contributed by atoms with Crippen LogP contribution in [0.3, 0.4) is 0 Å². The van der Waals surface area contributed by atoms with Crippen molar-refractivity contribution in [1.82, 2.24) is 0 Å². The summed E-state index contributed by atoms with van der Waals surface area (Å²) in [5.74, 6) is -0.478. The predicted molar refractivity (Wildman–Crippen MR) is 58.6 cm³/mol. The van der Waals surface area contributed by atoms with Gasteiger partial charge in [-0.25, -0.2) is 0 Å². The molecule has 7 heteroatoms. The quantitative estimate of drug-likeness (QED) is 0.623. The van der Waals surface area contributed by atoms with Gasteiger partial charge < -0.3 is 5.73 Å². The van der Waals surface area contributed by atoms with Crippen molar-refractivity contribution in [2.24, 2.45) is 5.73 Å². The first-order valence-electron chi connectivity index (χ1n) is 4.44. The number of non-ortho nitro benzene ring substituents is 1. The summed E-state index contributed by atoms with van der Waals surface area (Å²) in [6, 6.07) is 3.51. The lowest BCUT2D eigenvalue weighted by atomic mass is 10.2. The van der Waals surface area contributed by atoms with E-state index >= 15 is 0 Å². The number of hydrogen-bond acceptors (Lipinski definition) is 4. The molecule has 0 radical (unpaired) electrons. The van der Waals surface area contributed by atoms with Crippen molar-refractivity contribution in [2.45, 2.75) is 11.8 Å². The Kier molecular flexibility index (Phi) is 3.73. The summed E-state index contributed by atoms with van der Waals surface area (Å²) in [4.78, 5) is 21.1. The number of carbonyl (C=O) groups is 1. The number of nitro groups is 1. The van der Waals surface area contributed by atoms with Gasteiger partial charge in [-0.3, -0.25) is 19.1 Å². The molecule has 1 aromatic carbocycles.